The molecular formula is C15H21NO4S. The first-order valence-corrected chi connectivity index (χ1v) is 7.83. The number of ether oxygens (including phenoxy) is 2. The van der Waals surface area contributed by atoms with Gasteiger partial charge in [0.05, 0.1) is 18.1 Å². The third kappa shape index (κ3) is 3.83. The van der Waals surface area contributed by atoms with E-state index in [1.165, 1.54) is 16.2 Å². The minimum Gasteiger partial charge on any atom is -0.444 e. The van der Waals surface area contributed by atoms with E-state index in [1.54, 1.807) is 0 Å². The Morgan fingerprint density at radius 2 is 2.14 bits per heavy atom. The number of hydrogen-bond donors (Lipinski definition) is 0. The highest BCUT2D eigenvalue weighted by Gasteiger charge is 2.36. The Balaban J connectivity index is 2.18. The molecule has 0 saturated carbocycles. The maximum atomic E-state index is 12.6. The first-order valence-electron chi connectivity index (χ1n) is 6.95. The Labute approximate surface area is 128 Å². The molecule has 21 heavy (non-hydrogen) atoms. The Hall–Kier alpha value is -1.40. The van der Waals surface area contributed by atoms with Crippen LogP contribution in [0.5, 0.6) is 0 Å². The molecule has 1 aliphatic rings. The van der Waals surface area contributed by atoms with E-state index in [9.17, 15) is 9.59 Å². The quantitative estimate of drug-likeness (QED) is 0.788. The summed E-state index contributed by atoms with van der Waals surface area (Å²) in [5.74, 6) is -0.0759. The molecule has 116 valence electrons. The Morgan fingerprint density at radius 3 is 2.71 bits per heavy atom. The van der Waals surface area contributed by atoms with Gasteiger partial charge in [0.1, 0.15) is 11.6 Å². The van der Waals surface area contributed by atoms with Crippen LogP contribution in [0.25, 0.3) is 0 Å². The van der Waals surface area contributed by atoms with Gasteiger partial charge in [0, 0.05) is 6.54 Å². The van der Waals surface area contributed by atoms with Gasteiger partial charge in [-0.3, -0.25) is 9.69 Å². The fourth-order valence-electron chi connectivity index (χ4n) is 2.14. The van der Waals surface area contributed by atoms with Crippen LogP contribution >= 0.6 is 11.3 Å². The van der Waals surface area contributed by atoms with E-state index in [2.05, 4.69) is 0 Å². The van der Waals surface area contributed by atoms with E-state index < -0.39 is 17.7 Å². The lowest BCUT2D eigenvalue weighted by molar-refractivity contribution is -0.0265. The van der Waals surface area contributed by atoms with Crippen LogP contribution in [0.4, 0.5) is 4.79 Å². The molecule has 0 spiro atoms. The molecule has 1 amide bonds. The monoisotopic (exact) mass is 311 g/mol. The average molecular weight is 311 g/mol. The van der Waals surface area contributed by atoms with Gasteiger partial charge in [-0.1, -0.05) is 0 Å². The van der Waals surface area contributed by atoms with E-state index in [4.69, 9.17) is 9.47 Å². The number of carbonyl (C=O) groups excluding carboxylic acids is 2. The lowest BCUT2D eigenvalue weighted by Crippen LogP contribution is -2.53. The van der Waals surface area contributed by atoms with Crippen molar-refractivity contribution in [2.45, 2.75) is 39.3 Å². The zero-order chi connectivity index (χ0) is 15.6. The predicted molar refractivity (Wildman–Crippen MR) is 80.9 cm³/mol. The highest BCUT2D eigenvalue weighted by molar-refractivity contribution is 7.12. The number of hydrogen-bond acceptors (Lipinski definition) is 5. The second-order valence-corrected chi connectivity index (χ2v) is 6.98. The number of carbonyl (C=O) groups is 2. The second-order valence-electron chi connectivity index (χ2n) is 6.06. The largest absolute Gasteiger partial charge is 0.444 e. The number of amides is 1. The third-order valence-corrected chi connectivity index (χ3v) is 4.18. The summed E-state index contributed by atoms with van der Waals surface area (Å²) >= 11 is 1.39. The van der Waals surface area contributed by atoms with Crippen molar-refractivity contribution < 1.29 is 19.1 Å². The van der Waals surface area contributed by atoms with Crippen LogP contribution < -0.4 is 0 Å². The van der Waals surface area contributed by atoms with Gasteiger partial charge in [-0.05, 0) is 44.7 Å². The summed E-state index contributed by atoms with van der Waals surface area (Å²) < 4.78 is 10.8. The first kappa shape index (κ1) is 16.0. The van der Waals surface area contributed by atoms with Gasteiger partial charge in [0.25, 0.3) is 0 Å². The Morgan fingerprint density at radius 1 is 1.43 bits per heavy atom. The predicted octanol–water partition coefficient (Wildman–Crippen LogP) is 2.88. The van der Waals surface area contributed by atoms with Gasteiger partial charge in [0.2, 0.25) is 0 Å². The molecule has 1 aromatic rings. The van der Waals surface area contributed by atoms with Crippen LogP contribution in [0.15, 0.2) is 11.4 Å². The molecule has 1 aromatic heterocycles. The summed E-state index contributed by atoms with van der Waals surface area (Å²) in [6, 6.07) is 1.30. The van der Waals surface area contributed by atoms with Crippen molar-refractivity contribution in [3.05, 3.63) is 21.9 Å². The van der Waals surface area contributed by atoms with Crippen molar-refractivity contribution in [3.63, 3.8) is 0 Å². The molecule has 0 bridgehead atoms. The molecule has 1 unspecified atom stereocenters. The molecule has 0 aliphatic carbocycles. The summed E-state index contributed by atoms with van der Waals surface area (Å²) in [7, 11) is 0. The number of thiophene rings is 1. The smallest absolute Gasteiger partial charge is 0.411 e. The lowest BCUT2D eigenvalue weighted by Gasteiger charge is -2.35. The molecule has 1 fully saturated rings. The van der Waals surface area contributed by atoms with Crippen LogP contribution in [-0.4, -0.2) is 48.2 Å². The van der Waals surface area contributed by atoms with Crippen molar-refractivity contribution in [3.8, 4) is 0 Å². The fraction of sp³-hybridized carbons (Fsp3) is 0.600. The van der Waals surface area contributed by atoms with Crippen molar-refractivity contribution in [1.82, 2.24) is 4.90 Å². The lowest BCUT2D eigenvalue weighted by atomic mass is 10.1. The highest BCUT2D eigenvalue weighted by atomic mass is 32.1. The van der Waals surface area contributed by atoms with Crippen molar-refractivity contribution >= 4 is 23.2 Å². The van der Waals surface area contributed by atoms with Crippen LogP contribution in [0.2, 0.25) is 0 Å². The van der Waals surface area contributed by atoms with Gasteiger partial charge < -0.3 is 9.47 Å². The van der Waals surface area contributed by atoms with Crippen LogP contribution in [0.3, 0.4) is 0 Å². The maximum Gasteiger partial charge on any atom is 0.411 e. The van der Waals surface area contributed by atoms with Gasteiger partial charge in [0.15, 0.2) is 5.78 Å². The van der Waals surface area contributed by atoms with E-state index in [-0.39, 0.29) is 12.4 Å². The highest BCUT2D eigenvalue weighted by Crippen LogP contribution is 2.22. The molecule has 1 saturated heterocycles. The number of ketones is 1. The minimum atomic E-state index is -0.606. The molecular weight excluding hydrogens is 290 g/mol. The molecule has 1 atom stereocenters. The van der Waals surface area contributed by atoms with Crippen molar-refractivity contribution in [2.75, 3.05) is 19.8 Å². The van der Waals surface area contributed by atoms with Crippen LogP contribution in [0, 0.1) is 6.92 Å². The van der Waals surface area contributed by atoms with Crippen LogP contribution in [0.1, 0.15) is 36.0 Å². The van der Waals surface area contributed by atoms with Gasteiger partial charge in [-0.15, -0.1) is 11.3 Å². The summed E-state index contributed by atoms with van der Waals surface area (Å²) in [5.41, 5.74) is 0.349. The zero-order valence-electron chi connectivity index (χ0n) is 12.8. The van der Waals surface area contributed by atoms with Crippen molar-refractivity contribution in [1.29, 1.82) is 0 Å². The maximum absolute atomic E-state index is 12.6. The number of aryl methyl sites for hydroxylation is 1. The van der Waals surface area contributed by atoms with E-state index in [0.717, 1.165) is 5.56 Å². The topological polar surface area (TPSA) is 55.8 Å². The van der Waals surface area contributed by atoms with E-state index >= 15 is 0 Å². The number of morpholine rings is 1. The summed E-state index contributed by atoms with van der Waals surface area (Å²) in [5, 5.41) is 1.88. The molecule has 5 nitrogen and oxygen atoms in total. The molecule has 2 rings (SSSR count). The molecule has 6 heteroatoms. The SMILES string of the molecule is Cc1ccsc1C(=O)C1COCCN1C(=O)OC(C)(C)C. The zero-order valence-corrected chi connectivity index (χ0v) is 13.7. The third-order valence-electron chi connectivity index (χ3n) is 3.15. The van der Waals surface area contributed by atoms with Gasteiger partial charge in [-0.25, -0.2) is 4.79 Å². The van der Waals surface area contributed by atoms with E-state index in [0.29, 0.717) is 18.0 Å². The van der Waals surface area contributed by atoms with Crippen LogP contribution in [-0.2, 0) is 9.47 Å². The Bertz CT molecular complexity index is 532. The number of Topliss-reactive ketones (excluding diaryl/α,β-unsaturated/α-hetero) is 1. The normalized spacial score (nSPS) is 19.4. The van der Waals surface area contributed by atoms with Crippen molar-refractivity contribution in [2.24, 2.45) is 0 Å². The number of nitrogens with zero attached hydrogens (tertiary/aromatic N) is 1. The number of rotatable bonds is 2. The molecule has 0 aromatic carbocycles. The molecule has 1 aliphatic heterocycles. The minimum absolute atomic E-state index is 0.0759. The van der Waals surface area contributed by atoms with Gasteiger partial charge >= 0.3 is 6.09 Å². The molecule has 0 radical (unpaired) electrons. The average Bonchev–Trinajstić information content (AvgIpc) is 2.82. The molecule has 2 heterocycles. The summed E-state index contributed by atoms with van der Waals surface area (Å²) in [6.45, 7) is 8.34. The first-order chi connectivity index (χ1) is 9.79. The summed E-state index contributed by atoms with van der Waals surface area (Å²) in [4.78, 5) is 27.1. The van der Waals surface area contributed by atoms with E-state index in [1.807, 2.05) is 39.1 Å². The van der Waals surface area contributed by atoms with Gasteiger partial charge in [-0.2, -0.15) is 0 Å². The fourth-order valence-corrected chi connectivity index (χ4v) is 3.05. The summed E-state index contributed by atoms with van der Waals surface area (Å²) in [6.07, 6.45) is -0.460. The molecule has 0 N–H and O–H groups in total. The standard InChI is InChI=1S/C15H21NO4S/c1-10-5-8-21-13(10)12(17)11-9-19-7-6-16(11)14(18)20-15(2,3)4/h5,8,11H,6-7,9H2,1-4H3. The Kier molecular flexibility index (Phi) is 4.68. The second kappa shape index (κ2) is 6.15.